The van der Waals surface area contributed by atoms with Crippen molar-refractivity contribution in [3.63, 3.8) is 0 Å². The molecule has 66 heavy (non-hydrogen) atoms. The Balaban J connectivity index is 0. The summed E-state index contributed by atoms with van der Waals surface area (Å²) in [6.45, 7) is 13.8. The summed E-state index contributed by atoms with van der Waals surface area (Å²) in [4.78, 5) is 146. The summed E-state index contributed by atoms with van der Waals surface area (Å²) in [5.74, 6) is -7.52. The second-order valence-electron chi connectivity index (χ2n) is 16.3. The molecular weight excluding hydrogens is 941 g/mol. The predicted molar refractivity (Wildman–Crippen MR) is 236 cm³/mol. The van der Waals surface area contributed by atoms with E-state index in [0.717, 1.165) is 24.5 Å². The Kier molecular flexibility index (Phi) is 28.5. The van der Waals surface area contributed by atoms with E-state index in [1.165, 1.54) is 97.0 Å². The summed E-state index contributed by atoms with van der Waals surface area (Å²) < 4.78 is 0. The molecule has 0 spiro atoms. The Morgan fingerprint density at radius 3 is 1.39 bits per heavy atom. The summed E-state index contributed by atoms with van der Waals surface area (Å²) in [7, 11) is 6.40. The van der Waals surface area contributed by atoms with E-state index in [4.69, 9.17) is 0 Å². The summed E-state index contributed by atoms with van der Waals surface area (Å²) in [6, 6.07) is -11.3. The largest absolute Gasteiger partial charge is 0.540 e. The van der Waals surface area contributed by atoms with Gasteiger partial charge in [0, 0.05) is 67.9 Å². The van der Waals surface area contributed by atoms with Gasteiger partial charge in [-0.1, -0.05) is 25.6 Å². The molecule has 24 heteroatoms. The van der Waals surface area contributed by atoms with E-state index in [-0.39, 0.29) is 32.7 Å². The number of amides is 10. The first-order chi connectivity index (χ1) is 30.0. The normalized spacial score (nSPS) is 16.4. The van der Waals surface area contributed by atoms with Crippen molar-refractivity contribution in [2.24, 2.45) is 5.92 Å². The fraction of sp³-hybridized carbons (Fsp3) is 0.690. The number of carbonyl (C=O) groups is 9. The van der Waals surface area contributed by atoms with Gasteiger partial charge in [-0.15, -0.1) is 0 Å². The molecule has 0 aliphatic carbocycles. The van der Waals surface area contributed by atoms with Gasteiger partial charge in [0.25, 0.3) is 0 Å². The molecule has 0 aliphatic rings. The van der Waals surface area contributed by atoms with Crippen LogP contribution in [0.1, 0.15) is 75.7 Å². The Hall–Kier alpha value is -4.87. The van der Waals surface area contributed by atoms with E-state index >= 15 is 0 Å². The van der Waals surface area contributed by atoms with E-state index in [1.807, 2.05) is 0 Å². The van der Waals surface area contributed by atoms with Gasteiger partial charge < -0.3 is 70.9 Å². The minimum Gasteiger partial charge on any atom is -0.540 e. The fourth-order valence-electron chi connectivity index (χ4n) is 6.18. The van der Waals surface area contributed by atoms with Gasteiger partial charge in [-0.05, 0) is 74.7 Å². The SMILES string of the molecule is C/C=C/CC(C)C(O)C(C(=O)NC(C(=O)N(C)C[C-]=O)C(C)O)N(C)C(=O)C(C)N(C)C(=O)C(C)NC(=O)C(C)N(C)C(=O)C(C)NC(=O)C(C)NC(=O)C(C)N(C)C(=O)C(C)N[C-]=O.[Y]. The molecular formula is C42H70N10O13Y-2. The van der Waals surface area contributed by atoms with Crippen molar-refractivity contribution in [2.75, 3.05) is 41.8 Å². The molecule has 10 amide bonds. The number of likely N-dealkylation sites (N-methyl/N-ethyl adjacent to an activating group) is 5. The molecule has 0 bridgehead atoms. The number of aliphatic hydroxyl groups is 2. The fourth-order valence-corrected chi connectivity index (χ4v) is 6.18. The molecule has 0 aromatic rings. The number of nitrogens with zero attached hydrogens (tertiary/aromatic N) is 5. The van der Waals surface area contributed by atoms with Crippen LogP contribution in [0.15, 0.2) is 12.2 Å². The van der Waals surface area contributed by atoms with Gasteiger partial charge >= 0.3 is 0 Å². The number of hydrogen-bond donors (Lipinski definition) is 7. The molecule has 23 nitrogen and oxygen atoms in total. The molecule has 0 aromatic carbocycles. The van der Waals surface area contributed by atoms with Gasteiger partial charge in [0.05, 0.1) is 18.2 Å². The number of aliphatic hydroxyl groups excluding tert-OH is 2. The maximum atomic E-state index is 13.9. The monoisotopic (exact) mass is 1010 g/mol. The molecule has 1 radical (unpaired) electrons. The average molecular weight is 1010 g/mol. The third-order valence-electron chi connectivity index (χ3n) is 11.2. The van der Waals surface area contributed by atoms with Crippen LogP contribution >= 0.6 is 0 Å². The Morgan fingerprint density at radius 1 is 0.545 bits per heavy atom. The third-order valence-corrected chi connectivity index (χ3v) is 11.2. The van der Waals surface area contributed by atoms with Crippen molar-refractivity contribution in [3.05, 3.63) is 12.2 Å². The first kappa shape index (κ1) is 63.2. The third kappa shape index (κ3) is 18.1. The number of rotatable bonds is 26. The summed E-state index contributed by atoms with van der Waals surface area (Å²) in [5.41, 5.74) is 0. The van der Waals surface area contributed by atoms with Crippen LogP contribution in [-0.2, 0) is 85.4 Å². The Labute approximate surface area is 412 Å². The van der Waals surface area contributed by atoms with Crippen molar-refractivity contribution in [1.29, 1.82) is 0 Å². The molecule has 0 aliphatic heterocycles. The molecule has 0 saturated heterocycles. The van der Waals surface area contributed by atoms with Crippen molar-refractivity contribution in [2.45, 2.75) is 142 Å². The van der Waals surface area contributed by atoms with E-state index in [2.05, 4.69) is 26.6 Å². The number of nitrogens with one attached hydrogen (secondary N) is 5. The molecule has 7 N–H and O–H groups in total. The molecule has 0 aromatic heterocycles. The first-order valence-corrected chi connectivity index (χ1v) is 21.0. The zero-order valence-electron chi connectivity index (χ0n) is 40.7. The first-order valence-electron chi connectivity index (χ1n) is 21.0. The average Bonchev–Trinajstić information content (AvgIpc) is 3.26. The molecule has 0 rings (SSSR count). The smallest absolute Gasteiger partial charge is 0.246 e. The quantitative estimate of drug-likeness (QED) is 0.0250. The van der Waals surface area contributed by atoms with Crippen LogP contribution in [0.3, 0.4) is 0 Å². The van der Waals surface area contributed by atoms with Gasteiger partial charge in [-0.3, -0.25) is 43.2 Å². The van der Waals surface area contributed by atoms with Crippen LogP contribution in [0, 0.1) is 5.92 Å². The second kappa shape index (κ2) is 29.7. The number of carbonyl (C=O) groups excluding carboxylic acids is 11. The van der Waals surface area contributed by atoms with Crippen molar-refractivity contribution >= 4 is 65.9 Å². The van der Waals surface area contributed by atoms with Crippen LogP contribution in [0.25, 0.3) is 0 Å². The minimum absolute atomic E-state index is 0. The van der Waals surface area contributed by atoms with E-state index < -0.39 is 132 Å². The molecule has 0 fully saturated rings. The summed E-state index contributed by atoms with van der Waals surface area (Å²) >= 11 is 0. The van der Waals surface area contributed by atoms with Crippen LogP contribution in [-0.4, -0.2) is 209 Å². The minimum atomic E-state index is -1.64. The molecule has 12 atom stereocenters. The van der Waals surface area contributed by atoms with Gasteiger partial charge in [0.15, 0.2) is 0 Å². The Morgan fingerprint density at radius 2 is 0.970 bits per heavy atom. The van der Waals surface area contributed by atoms with Gasteiger partial charge in [-0.25, -0.2) is 6.29 Å². The summed E-state index contributed by atoms with van der Waals surface area (Å²) in [5, 5.41) is 33.8. The van der Waals surface area contributed by atoms with E-state index in [1.54, 1.807) is 32.3 Å². The van der Waals surface area contributed by atoms with Gasteiger partial charge in [0.2, 0.25) is 53.2 Å². The van der Waals surface area contributed by atoms with Crippen molar-refractivity contribution in [3.8, 4) is 0 Å². The van der Waals surface area contributed by atoms with Crippen molar-refractivity contribution < 1.29 is 95.7 Å². The van der Waals surface area contributed by atoms with Crippen LogP contribution in [0.2, 0.25) is 0 Å². The van der Waals surface area contributed by atoms with Crippen LogP contribution in [0.5, 0.6) is 0 Å². The molecule has 0 heterocycles. The maximum Gasteiger partial charge on any atom is 0.246 e. The molecule has 0 saturated carbocycles. The van der Waals surface area contributed by atoms with Gasteiger partial charge in [0.1, 0.15) is 48.3 Å². The topological polar surface area (TPSA) is 305 Å². The van der Waals surface area contributed by atoms with Crippen LogP contribution < -0.4 is 26.6 Å². The number of allylic oxidation sites excluding steroid dienone is 2. The van der Waals surface area contributed by atoms with E-state index in [9.17, 15) is 63.0 Å². The maximum absolute atomic E-state index is 13.9. The number of hydrogen-bond acceptors (Lipinski definition) is 13. The molecule has 371 valence electrons. The second-order valence-corrected chi connectivity index (χ2v) is 16.3. The Bertz CT molecular complexity index is 1750. The van der Waals surface area contributed by atoms with E-state index in [0.29, 0.717) is 6.42 Å². The standard InChI is InChI=1S/C42H70N10O13.Y/c1-16-17-18-22(2)33(56)32(37(60)47-31(30(10)55)42(65)48(11)19-20-53)52(15)41(64)29(9)51(14)40(63)26(6)46-36(59)28(8)50(13)39(62)25(5)45-34(57)23(3)44-35(58)27(7)49(12)38(61)24(4)43-21-54;/h16-17,22-33,55-56H,18-19H2,1-15H3,(H,43,54)(H,44,58)(H,45,57)(H,46,59)(H,47,60);/q-2;/b17-16+;. The van der Waals surface area contributed by atoms with Crippen LogP contribution in [0.4, 0.5) is 0 Å². The van der Waals surface area contributed by atoms with Gasteiger partial charge in [-0.2, -0.15) is 6.41 Å². The zero-order chi connectivity index (χ0) is 50.8. The zero-order valence-corrected chi connectivity index (χ0v) is 43.5. The predicted octanol–water partition coefficient (Wildman–Crippen LogP) is -3.69. The van der Waals surface area contributed by atoms with Crippen molar-refractivity contribution in [1.82, 2.24) is 51.1 Å². The molecule has 12 unspecified atom stereocenters. The summed E-state index contributed by atoms with van der Waals surface area (Å²) in [6.07, 6.45) is 3.76.